The predicted molar refractivity (Wildman–Crippen MR) is 86.0 cm³/mol. The molecular formula is C15H14Cl2N2O2. The van der Waals surface area contributed by atoms with E-state index < -0.39 is 6.10 Å². The van der Waals surface area contributed by atoms with E-state index in [1.807, 2.05) is 0 Å². The van der Waals surface area contributed by atoms with Crippen molar-refractivity contribution in [1.29, 1.82) is 0 Å². The molecule has 0 saturated heterocycles. The van der Waals surface area contributed by atoms with E-state index in [-0.39, 0.29) is 5.91 Å². The smallest absolute Gasteiger partial charge is 0.265 e. The van der Waals surface area contributed by atoms with Gasteiger partial charge in [-0.3, -0.25) is 4.79 Å². The van der Waals surface area contributed by atoms with Crippen LogP contribution in [0.4, 0.5) is 11.4 Å². The quantitative estimate of drug-likeness (QED) is 0.836. The Morgan fingerprint density at radius 2 is 1.86 bits per heavy atom. The molecule has 0 aliphatic carbocycles. The van der Waals surface area contributed by atoms with E-state index in [1.165, 1.54) is 0 Å². The molecule has 4 nitrogen and oxygen atoms in total. The van der Waals surface area contributed by atoms with Crippen LogP contribution in [0.1, 0.15) is 6.92 Å². The van der Waals surface area contributed by atoms with Gasteiger partial charge in [0.15, 0.2) is 6.10 Å². The summed E-state index contributed by atoms with van der Waals surface area (Å²) in [6.45, 7) is 1.64. The van der Waals surface area contributed by atoms with Crippen molar-refractivity contribution in [3.05, 3.63) is 52.5 Å². The molecule has 2 aromatic carbocycles. The van der Waals surface area contributed by atoms with Gasteiger partial charge in [0, 0.05) is 16.4 Å². The van der Waals surface area contributed by atoms with Gasteiger partial charge >= 0.3 is 0 Å². The zero-order valence-electron chi connectivity index (χ0n) is 11.3. The first-order chi connectivity index (χ1) is 9.95. The lowest BCUT2D eigenvalue weighted by Gasteiger charge is -2.15. The fourth-order valence-corrected chi connectivity index (χ4v) is 2.08. The van der Waals surface area contributed by atoms with Crippen LogP contribution in [0.2, 0.25) is 10.0 Å². The normalized spacial score (nSPS) is 11.8. The summed E-state index contributed by atoms with van der Waals surface area (Å²) in [6.07, 6.45) is -0.707. The maximum Gasteiger partial charge on any atom is 0.265 e. The number of nitrogens with two attached hydrogens (primary N) is 1. The third-order valence-electron chi connectivity index (χ3n) is 2.75. The van der Waals surface area contributed by atoms with Gasteiger partial charge in [-0.25, -0.2) is 0 Å². The summed E-state index contributed by atoms with van der Waals surface area (Å²) in [5, 5.41) is 3.59. The maximum atomic E-state index is 12.0. The summed E-state index contributed by atoms with van der Waals surface area (Å²) in [7, 11) is 0. The molecular weight excluding hydrogens is 311 g/mol. The Bertz CT molecular complexity index is 645. The highest BCUT2D eigenvalue weighted by Crippen LogP contribution is 2.28. The molecule has 1 amide bonds. The molecule has 0 aliphatic heterocycles. The second-order valence-electron chi connectivity index (χ2n) is 4.45. The van der Waals surface area contributed by atoms with Crippen molar-refractivity contribution < 1.29 is 9.53 Å². The predicted octanol–water partition coefficient (Wildman–Crippen LogP) is 3.98. The first kappa shape index (κ1) is 15.5. The molecule has 110 valence electrons. The molecule has 0 saturated carbocycles. The van der Waals surface area contributed by atoms with Crippen molar-refractivity contribution in [3.8, 4) is 5.75 Å². The molecule has 2 rings (SSSR count). The van der Waals surface area contributed by atoms with Crippen LogP contribution in [0, 0.1) is 0 Å². The van der Waals surface area contributed by atoms with Gasteiger partial charge in [0.1, 0.15) is 5.75 Å². The number of amides is 1. The number of hydrogen-bond donors (Lipinski definition) is 2. The molecule has 0 spiro atoms. The number of anilines is 2. The minimum Gasteiger partial charge on any atom is -0.479 e. The van der Waals surface area contributed by atoms with Gasteiger partial charge < -0.3 is 15.8 Å². The number of carbonyl (C=O) groups is 1. The molecule has 0 aliphatic rings. The van der Waals surface area contributed by atoms with E-state index in [1.54, 1.807) is 49.4 Å². The average Bonchev–Trinajstić information content (AvgIpc) is 2.44. The topological polar surface area (TPSA) is 64.3 Å². The van der Waals surface area contributed by atoms with Crippen LogP contribution in [0.25, 0.3) is 0 Å². The Morgan fingerprint density at radius 1 is 1.19 bits per heavy atom. The molecule has 21 heavy (non-hydrogen) atoms. The summed E-state index contributed by atoms with van der Waals surface area (Å²) in [6, 6.07) is 11.7. The first-order valence-corrected chi connectivity index (χ1v) is 6.99. The van der Waals surface area contributed by atoms with Crippen molar-refractivity contribution in [1.82, 2.24) is 0 Å². The van der Waals surface area contributed by atoms with Crippen molar-refractivity contribution in [2.75, 3.05) is 11.1 Å². The van der Waals surface area contributed by atoms with E-state index in [9.17, 15) is 4.79 Å². The highest BCUT2D eigenvalue weighted by atomic mass is 35.5. The fraction of sp³-hybridized carbons (Fsp3) is 0.133. The molecule has 0 bridgehead atoms. The van der Waals surface area contributed by atoms with Crippen LogP contribution in [0.3, 0.4) is 0 Å². The Kier molecular flexibility index (Phi) is 4.94. The van der Waals surface area contributed by atoms with Crippen molar-refractivity contribution in [2.45, 2.75) is 13.0 Å². The standard InChI is InChI=1S/C15H14Cl2N2O2/c1-9(21-14-7-2-10(16)8-13(14)17)15(20)19-12-5-3-11(18)4-6-12/h2-9H,18H2,1H3,(H,19,20). The largest absolute Gasteiger partial charge is 0.479 e. The summed E-state index contributed by atoms with van der Waals surface area (Å²) < 4.78 is 5.53. The van der Waals surface area contributed by atoms with E-state index in [4.69, 9.17) is 33.7 Å². The van der Waals surface area contributed by atoms with Gasteiger partial charge in [-0.15, -0.1) is 0 Å². The van der Waals surface area contributed by atoms with Crippen molar-refractivity contribution in [2.24, 2.45) is 0 Å². The summed E-state index contributed by atoms with van der Waals surface area (Å²) >= 11 is 11.8. The summed E-state index contributed by atoms with van der Waals surface area (Å²) in [5.74, 6) is 0.117. The SMILES string of the molecule is CC(Oc1ccc(Cl)cc1Cl)C(=O)Nc1ccc(N)cc1. The number of nitrogen functional groups attached to an aromatic ring is 1. The van der Waals surface area contributed by atoms with Gasteiger partial charge in [-0.05, 0) is 49.4 Å². The summed E-state index contributed by atoms with van der Waals surface area (Å²) in [5.41, 5.74) is 6.86. The lowest BCUT2D eigenvalue weighted by atomic mass is 10.2. The van der Waals surface area contributed by atoms with Gasteiger partial charge in [-0.1, -0.05) is 23.2 Å². The highest BCUT2D eigenvalue weighted by Gasteiger charge is 2.16. The third-order valence-corrected chi connectivity index (χ3v) is 3.28. The number of benzene rings is 2. The first-order valence-electron chi connectivity index (χ1n) is 6.24. The Balaban J connectivity index is 2.00. The number of carbonyl (C=O) groups excluding carboxylic acids is 1. The van der Waals surface area contributed by atoms with Crippen LogP contribution < -0.4 is 15.8 Å². The van der Waals surface area contributed by atoms with Crippen molar-refractivity contribution in [3.63, 3.8) is 0 Å². The van der Waals surface area contributed by atoms with E-state index >= 15 is 0 Å². The Morgan fingerprint density at radius 3 is 2.48 bits per heavy atom. The lowest BCUT2D eigenvalue weighted by molar-refractivity contribution is -0.122. The second-order valence-corrected chi connectivity index (χ2v) is 5.29. The minimum atomic E-state index is -0.707. The molecule has 3 N–H and O–H groups in total. The van der Waals surface area contributed by atoms with Crippen LogP contribution in [-0.2, 0) is 4.79 Å². The number of rotatable bonds is 4. The van der Waals surface area contributed by atoms with E-state index in [2.05, 4.69) is 5.32 Å². The van der Waals surface area contributed by atoms with Crippen LogP contribution in [0.15, 0.2) is 42.5 Å². The van der Waals surface area contributed by atoms with Gasteiger partial charge in [0.25, 0.3) is 5.91 Å². The second kappa shape index (κ2) is 6.70. The minimum absolute atomic E-state index is 0.286. The van der Waals surface area contributed by atoms with Gasteiger partial charge in [-0.2, -0.15) is 0 Å². The van der Waals surface area contributed by atoms with Crippen LogP contribution >= 0.6 is 23.2 Å². The molecule has 2 aromatic rings. The Labute approximate surface area is 132 Å². The highest BCUT2D eigenvalue weighted by molar-refractivity contribution is 6.35. The third kappa shape index (κ3) is 4.28. The molecule has 0 heterocycles. The van der Waals surface area contributed by atoms with Crippen molar-refractivity contribution >= 4 is 40.5 Å². The molecule has 0 aromatic heterocycles. The monoisotopic (exact) mass is 324 g/mol. The molecule has 0 fully saturated rings. The average molecular weight is 325 g/mol. The molecule has 1 atom stereocenters. The number of hydrogen-bond acceptors (Lipinski definition) is 3. The molecule has 6 heteroatoms. The Hall–Kier alpha value is -1.91. The van der Waals surface area contributed by atoms with E-state index in [0.717, 1.165) is 0 Å². The van der Waals surface area contributed by atoms with Gasteiger partial charge in [0.05, 0.1) is 5.02 Å². The zero-order chi connectivity index (χ0) is 15.4. The fourth-order valence-electron chi connectivity index (χ4n) is 1.63. The molecule has 0 radical (unpaired) electrons. The van der Waals surface area contributed by atoms with E-state index in [0.29, 0.717) is 27.2 Å². The maximum absolute atomic E-state index is 12.0. The molecule has 1 unspecified atom stereocenters. The van der Waals surface area contributed by atoms with Crippen LogP contribution in [-0.4, -0.2) is 12.0 Å². The lowest BCUT2D eigenvalue weighted by Crippen LogP contribution is -2.30. The zero-order valence-corrected chi connectivity index (χ0v) is 12.8. The number of ether oxygens (including phenoxy) is 1. The van der Waals surface area contributed by atoms with Gasteiger partial charge in [0.2, 0.25) is 0 Å². The van der Waals surface area contributed by atoms with Crippen LogP contribution in [0.5, 0.6) is 5.75 Å². The number of halogens is 2. The summed E-state index contributed by atoms with van der Waals surface area (Å²) in [4.78, 5) is 12.0. The number of nitrogens with one attached hydrogen (secondary N) is 1.